The Hall–Kier alpha value is -2.02. The van der Waals surface area contributed by atoms with Crippen molar-refractivity contribution in [2.75, 3.05) is 0 Å². The van der Waals surface area contributed by atoms with Crippen molar-refractivity contribution in [2.24, 2.45) is 5.22 Å². The van der Waals surface area contributed by atoms with E-state index >= 15 is 0 Å². The van der Waals surface area contributed by atoms with E-state index in [1.165, 1.54) is 0 Å². The summed E-state index contributed by atoms with van der Waals surface area (Å²) in [7, 11) is 0. The molecule has 4 nitrogen and oxygen atoms in total. The van der Waals surface area contributed by atoms with Crippen molar-refractivity contribution in [3.63, 3.8) is 0 Å². The predicted octanol–water partition coefficient (Wildman–Crippen LogP) is 2.84. The number of nitrogens with zero attached hydrogens (tertiary/aromatic N) is 4. The summed E-state index contributed by atoms with van der Waals surface area (Å²) in [6.45, 7) is 0. The zero-order valence-electron chi connectivity index (χ0n) is 6.68. The van der Waals surface area contributed by atoms with E-state index in [2.05, 4.69) is 10.6 Å². The van der Waals surface area contributed by atoms with Crippen LogP contribution in [0.4, 0.5) is 27.6 Å². The van der Waals surface area contributed by atoms with Crippen LogP contribution in [0.5, 0.6) is 0 Å². The standard InChI is InChI=1S/C6F5N4/c7-1-2(8)4(10)6(13-15-14-12)5(11)3(1)9. The van der Waals surface area contributed by atoms with Gasteiger partial charge in [0.15, 0.2) is 0 Å². The molecule has 0 saturated heterocycles. The van der Waals surface area contributed by atoms with Gasteiger partial charge in [-0.05, 0) is 5.43 Å². The molecule has 0 atom stereocenters. The van der Waals surface area contributed by atoms with Crippen LogP contribution in [0.3, 0.4) is 0 Å². The molecule has 9 heteroatoms. The summed E-state index contributed by atoms with van der Waals surface area (Å²) in [5.74, 6) is -10.9. The molecule has 0 unspecified atom stereocenters. The number of hydrogen-bond acceptors (Lipinski definition) is 1. The van der Waals surface area contributed by atoms with E-state index in [1.54, 1.807) is 0 Å². The molecule has 0 aromatic heterocycles. The lowest BCUT2D eigenvalue weighted by molar-refractivity contribution is 0.377. The third-order valence-electron chi connectivity index (χ3n) is 1.37. The van der Waals surface area contributed by atoms with Crippen molar-refractivity contribution in [1.29, 1.82) is 0 Å². The monoisotopic (exact) mass is 223 g/mol. The molecule has 0 aliphatic carbocycles. The van der Waals surface area contributed by atoms with Crippen LogP contribution in [0, 0.1) is 29.1 Å². The molecule has 0 saturated carbocycles. The number of benzene rings is 1. The van der Waals surface area contributed by atoms with Crippen molar-refractivity contribution in [3.8, 4) is 0 Å². The molecule has 1 rings (SSSR count). The molecule has 0 aliphatic rings. The molecule has 1 aromatic rings. The van der Waals surface area contributed by atoms with Gasteiger partial charge in [-0.25, -0.2) is 13.2 Å². The van der Waals surface area contributed by atoms with E-state index < -0.39 is 34.8 Å². The lowest BCUT2D eigenvalue weighted by Gasteiger charge is -2.00. The van der Waals surface area contributed by atoms with Gasteiger partial charge < -0.3 is 0 Å². The first-order valence-corrected chi connectivity index (χ1v) is 3.27. The molecule has 0 spiro atoms. The zero-order chi connectivity index (χ0) is 11.6. The van der Waals surface area contributed by atoms with Gasteiger partial charge in [-0.3, -0.25) is 0 Å². The van der Waals surface area contributed by atoms with Crippen molar-refractivity contribution in [2.45, 2.75) is 0 Å². The predicted molar refractivity (Wildman–Crippen MR) is 37.2 cm³/mol. The van der Waals surface area contributed by atoms with Crippen LogP contribution in [0.15, 0.2) is 5.22 Å². The molecule has 79 valence electrons. The topological polar surface area (TPSA) is 62.9 Å². The fraction of sp³-hybridized carbons (Fsp3) is 0. The Bertz CT molecular complexity index is 424. The van der Waals surface area contributed by atoms with Gasteiger partial charge in [-0.15, -0.1) is 5.53 Å². The van der Waals surface area contributed by atoms with E-state index in [1.807, 2.05) is 4.91 Å². The SMILES string of the molecule is [N-]=[N+]=N[N]c1c(F)c(F)c(F)c(F)c1F. The molecule has 0 fully saturated rings. The maximum absolute atomic E-state index is 12.7. The van der Waals surface area contributed by atoms with Gasteiger partial charge >= 0.3 is 0 Å². The van der Waals surface area contributed by atoms with Crippen LogP contribution < -0.4 is 5.43 Å². The number of hydrogen-bond donors (Lipinski definition) is 0. The first-order chi connectivity index (χ1) is 7.00. The maximum Gasteiger partial charge on any atom is 0.257 e. The third kappa shape index (κ3) is 1.77. The first-order valence-electron chi connectivity index (χ1n) is 3.27. The Labute approximate surface area is 78.9 Å². The van der Waals surface area contributed by atoms with Gasteiger partial charge in [0.1, 0.15) is 0 Å². The van der Waals surface area contributed by atoms with E-state index in [4.69, 9.17) is 5.53 Å². The molecule has 0 N–H and O–H groups in total. The Morgan fingerprint density at radius 2 is 1.20 bits per heavy atom. The minimum atomic E-state index is -2.30. The Balaban J connectivity index is 3.44. The molecule has 0 amide bonds. The van der Waals surface area contributed by atoms with Crippen molar-refractivity contribution < 1.29 is 22.0 Å². The maximum atomic E-state index is 12.7. The second kappa shape index (κ2) is 4.01. The minimum Gasteiger partial charge on any atom is -0.200 e. The smallest absolute Gasteiger partial charge is 0.200 e. The quantitative estimate of drug-likeness (QED) is 0.141. The van der Waals surface area contributed by atoms with Gasteiger partial charge in [-0.2, -0.15) is 13.7 Å². The third-order valence-corrected chi connectivity index (χ3v) is 1.37. The van der Waals surface area contributed by atoms with Crippen LogP contribution >= 0.6 is 0 Å². The summed E-state index contributed by atoms with van der Waals surface area (Å²) in [6, 6.07) is 0. The second-order valence-electron chi connectivity index (χ2n) is 2.20. The Morgan fingerprint density at radius 1 is 0.800 bits per heavy atom. The van der Waals surface area contributed by atoms with E-state index in [9.17, 15) is 22.0 Å². The van der Waals surface area contributed by atoms with E-state index in [0.717, 1.165) is 0 Å². The molecule has 1 aromatic carbocycles. The van der Waals surface area contributed by atoms with Crippen LogP contribution in [0.2, 0.25) is 0 Å². The van der Waals surface area contributed by atoms with E-state index in [-0.39, 0.29) is 0 Å². The average molecular weight is 223 g/mol. The van der Waals surface area contributed by atoms with Gasteiger partial charge in [0, 0.05) is 5.22 Å². The second-order valence-corrected chi connectivity index (χ2v) is 2.20. The lowest BCUT2D eigenvalue weighted by Crippen LogP contribution is -2.05. The van der Waals surface area contributed by atoms with Gasteiger partial charge in [0.05, 0.1) is 0 Å². The van der Waals surface area contributed by atoms with Crippen molar-refractivity contribution >= 4 is 5.69 Å². The van der Waals surface area contributed by atoms with Crippen molar-refractivity contribution in [1.82, 2.24) is 5.43 Å². The first kappa shape index (κ1) is 11.1. The molecule has 0 aliphatic heterocycles. The van der Waals surface area contributed by atoms with Gasteiger partial charge in [-0.1, -0.05) is 0 Å². The fourth-order valence-corrected chi connectivity index (χ4v) is 0.746. The van der Waals surface area contributed by atoms with E-state index in [0.29, 0.717) is 0 Å². The van der Waals surface area contributed by atoms with Crippen molar-refractivity contribution in [3.05, 3.63) is 39.5 Å². The number of halogens is 5. The minimum absolute atomic E-state index is 1.52. The normalized spacial score (nSPS) is 9.67. The summed E-state index contributed by atoms with van der Waals surface area (Å²) < 4.78 is 62.9. The largest absolute Gasteiger partial charge is 0.257 e. The van der Waals surface area contributed by atoms with Gasteiger partial charge in [0.25, 0.3) is 5.69 Å². The summed E-state index contributed by atoms with van der Waals surface area (Å²) in [5.41, 5.74) is 8.74. The summed E-state index contributed by atoms with van der Waals surface area (Å²) >= 11 is 0. The highest BCUT2D eigenvalue weighted by atomic mass is 19.2. The van der Waals surface area contributed by atoms with Crippen LogP contribution in [-0.4, -0.2) is 0 Å². The molecule has 0 bridgehead atoms. The summed E-state index contributed by atoms with van der Waals surface area (Å²) in [6.07, 6.45) is 0. The summed E-state index contributed by atoms with van der Waals surface area (Å²) in [4.78, 5) is 1.98. The number of azide groups is 1. The highest BCUT2D eigenvalue weighted by Crippen LogP contribution is 2.27. The van der Waals surface area contributed by atoms with Crippen LogP contribution in [-0.2, 0) is 0 Å². The highest BCUT2D eigenvalue weighted by molar-refractivity contribution is 5.40. The fourth-order valence-electron chi connectivity index (χ4n) is 0.746. The Kier molecular flexibility index (Phi) is 2.96. The summed E-state index contributed by atoms with van der Waals surface area (Å²) in [5, 5.41) is 2.35. The average Bonchev–Trinajstić information content (AvgIpc) is 2.24. The molecular weight excluding hydrogens is 223 g/mol. The number of rotatable bonds is 2. The molecular formula is C6F5N4. The molecule has 0 heterocycles. The lowest BCUT2D eigenvalue weighted by atomic mass is 10.2. The molecule has 1 radical (unpaired) electrons. The Morgan fingerprint density at radius 3 is 1.60 bits per heavy atom. The molecule has 15 heavy (non-hydrogen) atoms. The van der Waals surface area contributed by atoms with Gasteiger partial charge in [0.2, 0.25) is 29.1 Å². The van der Waals surface area contributed by atoms with Crippen LogP contribution in [0.1, 0.15) is 0 Å². The zero-order valence-corrected chi connectivity index (χ0v) is 6.68. The van der Waals surface area contributed by atoms with Crippen LogP contribution in [0.25, 0.3) is 10.4 Å². The highest BCUT2D eigenvalue weighted by Gasteiger charge is 2.29.